The molecule has 3 nitrogen and oxygen atoms in total. The third-order valence-electron chi connectivity index (χ3n) is 5.13. The Balaban J connectivity index is 1.49. The van der Waals surface area contributed by atoms with Gasteiger partial charge in [-0.25, -0.2) is 0 Å². The smallest absolute Gasteiger partial charge is 0.0340 e. The highest BCUT2D eigenvalue weighted by atomic mass is 14.9. The zero-order valence-corrected chi connectivity index (χ0v) is 12.7. The monoisotopic (exact) mass is 285 g/mol. The Bertz CT molecular complexity index is 476. The molecule has 3 heteroatoms. The summed E-state index contributed by atoms with van der Waals surface area (Å²) >= 11 is 0. The molecule has 114 valence electrons. The number of nitrogens with one attached hydrogen (secondary N) is 1. The van der Waals surface area contributed by atoms with E-state index in [0.717, 1.165) is 30.7 Å². The summed E-state index contributed by atoms with van der Waals surface area (Å²) in [5, 5.41) is 3.60. The van der Waals surface area contributed by atoms with E-state index in [2.05, 4.69) is 41.7 Å². The SMILES string of the molecule is NCC(CN)Cc1ccc(NCC2CC3C=CC2C3)cc1. The molecule has 0 radical (unpaired) electrons. The van der Waals surface area contributed by atoms with Crippen molar-refractivity contribution in [2.24, 2.45) is 35.1 Å². The molecule has 0 aromatic heterocycles. The van der Waals surface area contributed by atoms with E-state index in [4.69, 9.17) is 11.5 Å². The minimum Gasteiger partial charge on any atom is -0.385 e. The molecule has 5 N–H and O–H groups in total. The maximum absolute atomic E-state index is 5.71. The van der Waals surface area contributed by atoms with Crippen LogP contribution >= 0.6 is 0 Å². The fourth-order valence-electron chi connectivity index (χ4n) is 3.73. The van der Waals surface area contributed by atoms with Crippen LogP contribution in [0, 0.1) is 23.7 Å². The highest BCUT2D eigenvalue weighted by Gasteiger charge is 2.35. The summed E-state index contributed by atoms with van der Waals surface area (Å²) in [6, 6.07) is 8.76. The van der Waals surface area contributed by atoms with E-state index >= 15 is 0 Å². The lowest BCUT2D eigenvalue weighted by atomic mass is 9.93. The van der Waals surface area contributed by atoms with E-state index in [-0.39, 0.29) is 0 Å². The van der Waals surface area contributed by atoms with Gasteiger partial charge in [0.15, 0.2) is 0 Å². The summed E-state index contributed by atoms with van der Waals surface area (Å²) in [6.45, 7) is 2.42. The maximum Gasteiger partial charge on any atom is 0.0340 e. The predicted octanol–water partition coefficient (Wildman–Crippen LogP) is 2.39. The lowest BCUT2D eigenvalue weighted by molar-refractivity contribution is 0.472. The predicted molar refractivity (Wildman–Crippen MR) is 89.1 cm³/mol. The third-order valence-corrected chi connectivity index (χ3v) is 5.13. The van der Waals surface area contributed by atoms with Gasteiger partial charge in [-0.1, -0.05) is 24.3 Å². The van der Waals surface area contributed by atoms with Gasteiger partial charge < -0.3 is 16.8 Å². The fraction of sp³-hybridized carbons (Fsp3) is 0.556. The number of fused-ring (bicyclic) bond motifs is 2. The number of benzene rings is 1. The van der Waals surface area contributed by atoms with Gasteiger partial charge in [-0.3, -0.25) is 0 Å². The van der Waals surface area contributed by atoms with Gasteiger partial charge >= 0.3 is 0 Å². The van der Waals surface area contributed by atoms with Crippen LogP contribution < -0.4 is 16.8 Å². The molecular weight excluding hydrogens is 258 g/mol. The lowest BCUT2D eigenvalue weighted by Gasteiger charge is -2.19. The van der Waals surface area contributed by atoms with Gasteiger partial charge in [0.2, 0.25) is 0 Å². The summed E-state index contributed by atoms with van der Waals surface area (Å²) in [6.07, 6.45) is 8.54. The quantitative estimate of drug-likeness (QED) is 0.674. The topological polar surface area (TPSA) is 64.1 Å². The van der Waals surface area contributed by atoms with Gasteiger partial charge in [-0.2, -0.15) is 0 Å². The Labute approximate surface area is 127 Å². The average Bonchev–Trinajstić information content (AvgIpc) is 3.14. The van der Waals surface area contributed by atoms with E-state index in [1.54, 1.807) is 0 Å². The molecule has 0 spiro atoms. The Hall–Kier alpha value is -1.32. The van der Waals surface area contributed by atoms with Crippen molar-refractivity contribution < 1.29 is 0 Å². The Morgan fingerprint density at radius 1 is 1.05 bits per heavy atom. The van der Waals surface area contributed by atoms with Crippen LogP contribution in [0.2, 0.25) is 0 Å². The highest BCUT2D eigenvalue weighted by molar-refractivity contribution is 5.44. The van der Waals surface area contributed by atoms with Crippen molar-refractivity contribution in [2.45, 2.75) is 19.3 Å². The molecule has 1 aromatic carbocycles. The molecule has 0 saturated heterocycles. The summed E-state index contributed by atoms with van der Waals surface area (Å²) in [7, 11) is 0. The summed E-state index contributed by atoms with van der Waals surface area (Å²) < 4.78 is 0. The molecular formula is C18H27N3. The standard InChI is InChI=1S/C18H27N3/c19-10-15(11-20)7-13-2-5-18(6-3-13)21-12-17-9-14-1-4-16(17)8-14/h1-6,14-17,21H,7-12,19-20H2. The molecule has 1 fully saturated rings. The zero-order chi connectivity index (χ0) is 14.7. The molecule has 0 aliphatic heterocycles. The molecule has 3 rings (SSSR count). The van der Waals surface area contributed by atoms with E-state index in [9.17, 15) is 0 Å². The first-order chi connectivity index (χ1) is 10.3. The van der Waals surface area contributed by atoms with Crippen LogP contribution in [0.15, 0.2) is 36.4 Å². The summed E-state index contributed by atoms with van der Waals surface area (Å²) in [5.41, 5.74) is 14.0. The first-order valence-electron chi connectivity index (χ1n) is 8.19. The van der Waals surface area contributed by atoms with Crippen LogP contribution in [0.1, 0.15) is 18.4 Å². The van der Waals surface area contributed by atoms with Crippen LogP contribution in [-0.4, -0.2) is 19.6 Å². The molecule has 2 aliphatic carbocycles. The van der Waals surface area contributed by atoms with Crippen LogP contribution in [0.25, 0.3) is 0 Å². The molecule has 2 aliphatic rings. The van der Waals surface area contributed by atoms with Gasteiger partial charge in [0.1, 0.15) is 0 Å². The molecule has 21 heavy (non-hydrogen) atoms. The van der Waals surface area contributed by atoms with E-state index in [0.29, 0.717) is 19.0 Å². The second-order valence-corrected chi connectivity index (χ2v) is 6.66. The molecule has 1 aromatic rings. The third kappa shape index (κ3) is 3.47. The van der Waals surface area contributed by atoms with Crippen molar-refractivity contribution in [3.05, 3.63) is 42.0 Å². The molecule has 1 saturated carbocycles. The number of nitrogens with two attached hydrogens (primary N) is 2. The average molecular weight is 285 g/mol. The fourth-order valence-corrected chi connectivity index (χ4v) is 3.73. The van der Waals surface area contributed by atoms with Crippen molar-refractivity contribution >= 4 is 5.69 Å². The number of anilines is 1. The first kappa shape index (κ1) is 14.6. The van der Waals surface area contributed by atoms with Crippen LogP contribution in [-0.2, 0) is 6.42 Å². The number of rotatable bonds is 7. The van der Waals surface area contributed by atoms with Gasteiger partial charge in [-0.15, -0.1) is 0 Å². The zero-order valence-electron chi connectivity index (χ0n) is 12.7. The second-order valence-electron chi connectivity index (χ2n) is 6.66. The number of hydrogen-bond donors (Lipinski definition) is 3. The Morgan fingerprint density at radius 3 is 2.38 bits per heavy atom. The van der Waals surface area contributed by atoms with Crippen molar-refractivity contribution in [1.29, 1.82) is 0 Å². The largest absolute Gasteiger partial charge is 0.385 e. The van der Waals surface area contributed by atoms with E-state index in [1.807, 2.05) is 0 Å². The highest BCUT2D eigenvalue weighted by Crippen LogP contribution is 2.43. The molecule has 2 bridgehead atoms. The van der Waals surface area contributed by atoms with Crippen molar-refractivity contribution in [1.82, 2.24) is 0 Å². The molecule has 0 heterocycles. The van der Waals surface area contributed by atoms with Gasteiger partial charge in [0.25, 0.3) is 0 Å². The Morgan fingerprint density at radius 2 is 1.81 bits per heavy atom. The molecule has 0 amide bonds. The van der Waals surface area contributed by atoms with Gasteiger partial charge in [0.05, 0.1) is 0 Å². The lowest BCUT2D eigenvalue weighted by Crippen LogP contribution is -2.25. The summed E-state index contributed by atoms with van der Waals surface area (Å²) in [5.74, 6) is 2.88. The first-order valence-corrected chi connectivity index (χ1v) is 8.19. The van der Waals surface area contributed by atoms with Gasteiger partial charge in [0, 0.05) is 12.2 Å². The van der Waals surface area contributed by atoms with Crippen molar-refractivity contribution in [3.63, 3.8) is 0 Å². The number of hydrogen-bond acceptors (Lipinski definition) is 3. The second kappa shape index (κ2) is 6.63. The normalized spacial score (nSPS) is 26.7. The number of allylic oxidation sites excluding steroid dienone is 2. The van der Waals surface area contributed by atoms with Crippen molar-refractivity contribution in [2.75, 3.05) is 25.0 Å². The Kier molecular flexibility index (Phi) is 4.61. The van der Waals surface area contributed by atoms with Crippen LogP contribution in [0.5, 0.6) is 0 Å². The van der Waals surface area contributed by atoms with Gasteiger partial charge in [-0.05, 0) is 73.7 Å². The van der Waals surface area contributed by atoms with Crippen molar-refractivity contribution in [3.8, 4) is 0 Å². The minimum absolute atomic E-state index is 0.393. The summed E-state index contributed by atoms with van der Waals surface area (Å²) in [4.78, 5) is 0. The van der Waals surface area contributed by atoms with Crippen LogP contribution in [0.4, 0.5) is 5.69 Å². The maximum atomic E-state index is 5.71. The minimum atomic E-state index is 0.393. The van der Waals surface area contributed by atoms with Crippen LogP contribution in [0.3, 0.4) is 0 Å². The molecule has 3 atom stereocenters. The molecule has 3 unspecified atom stereocenters. The van der Waals surface area contributed by atoms with E-state index in [1.165, 1.54) is 24.1 Å². The van der Waals surface area contributed by atoms with E-state index < -0.39 is 0 Å².